The van der Waals surface area contributed by atoms with Gasteiger partial charge in [0.2, 0.25) is 11.8 Å². The number of amides is 2. The third kappa shape index (κ3) is 3.43. The van der Waals surface area contributed by atoms with Crippen LogP contribution in [0.2, 0.25) is 0 Å². The van der Waals surface area contributed by atoms with Crippen molar-refractivity contribution in [2.24, 2.45) is 5.41 Å². The van der Waals surface area contributed by atoms with Gasteiger partial charge in [0.1, 0.15) is 6.04 Å². The van der Waals surface area contributed by atoms with Gasteiger partial charge in [-0.25, -0.2) is 0 Å². The maximum absolute atomic E-state index is 12.8. The average Bonchev–Trinajstić information content (AvgIpc) is 2.58. The van der Waals surface area contributed by atoms with Gasteiger partial charge in [-0.15, -0.1) is 0 Å². The molecule has 1 N–H and O–H groups in total. The fourth-order valence-corrected chi connectivity index (χ4v) is 2.53. The molecule has 1 aromatic rings. The number of nitrogens with one attached hydrogen (secondary N) is 1. The van der Waals surface area contributed by atoms with Gasteiger partial charge in [-0.2, -0.15) is 0 Å². The molecule has 1 fully saturated rings. The van der Waals surface area contributed by atoms with E-state index in [-0.39, 0.29) is 17.2 Å². The maximum Gasteiger partial charge on any atom is 0.250 e. The lowest BCUT2D eigenvalue weighted by Crippen LogP contribution is -2.52. The molecule has 114 valence electrons. The van der Waals surface area contributed by atoms with Crippen LogP contribution in [0.5, 0.6) is 0 Å². The molecule has 1 saturated heterocycles. The topological polar surface area (TPSA) is 49.4 Å². The van der Waals surface area contributed by atoms with Gasteiger partial charge in [-0.3, -0.25) is 9.59 Å². The summed E-state index contributed by atoms with van der Waals surface area (Å²) in [5.74, 6) is -0.0893. The van der Waals surface area contributed by atoms with Crippen LogP contribution in [0, 0.1) is 5.41 Å². The number of hydrogen-bond acceptors (Lipinski definition) is 2. The van der Waals surface area contributed by atoms with Crippen molar-refractivity contribution in [1.29, 1.82) is 0 Å². The number of rotatable bonds is 2. The second-order valence-electron chi connectivity index (χ2n) is 6.63. The third-order valence-corrected chi connectivity index (χ3v) is 3.90. The molecule has 4 nitrogen and oxygen atoms in total. The van der Waals surface area contributed by atoms with Gasteiger partial charge in [0.05, 0.1) is 0 Å². The molecule has 2 amide bonds. The molecular weight excluding hydrogens is 264 g/mol. The van der Waals surface area contributed by atoms with Gasteiger partial charge in [0.15, 0.2) is 0 Å². The second-order valence-corrected chi connectivity index (χ2v) is 6.63. The number of benzene rings is 1. The molecule has 1 atom stereocenters. The van der Waals surface area contributed by atoms with Gasteiger partial charge < -0.3 is 10.2 Å². The first kappa shape index (κ1) is 15.5. The average molecular weight is 288 g/mol. The Morgan fingerprint density at radius 3 is 2.33 bits per heavy atom. The molecule has 4 heteroatoms. The summed E-state index contributed by atoms with van der Waals surface area (Å²) in [7, 11) is 0. The quantitative estimate of drug-likeness (QED) is 0.909. The highest BCUT2D eigenvalue weighted by atomic mass is 16.2. The predicted octanol–water partition coefficient (Wildman–Crippen LogP) is 2.52. The van der Waals surface area contributed by atoms with Crippen molar-refractivity contribution in [2.75, 3.05) is 11.4 Å². The molecule has 1 unspecified atom stereocenters. The van der Waals surface area contributed by atoms with Crippen molar-refractivity contribution in [1.82, 2.24) is 5.32 Å². The van der Waals surface area contributed by atoms with Crippen molar-refractivity contribution in [3.8, 4) is 0 Å². The van der Waals surface area contributed by atoms with Crippen LogP contribution < -0.4 is 10.2 Å². The van der Waals surface area contributed by atoms with Crippen LogP contribution in [0.25, 0.3) is 0 Å². The van der Waals surface area contributed by atoms with E-state index >= 15 is 0 Å². The number of aryl methyl sites for hydroxylation is 1. The van der Waals surface area contributed by atoms with E-state index in [0.29, 0.717) is 13.0 Å². The summed E-state index contributed by atoms with van der Waals surface area (Å²) < 4.78 is 0. The standard InChI is InChI=1S/C17H24N2O2/c1-5-12-6-8-13(9-7-12)19-11-10-14(20)18-15(16(19)21)17(2,3)4/h6-9,15H,5,10-11H2,1-4H3,(H,18,20). The van der Waals surface area contributed by atoms with Crippen molar-refractivity contribution in [3.63, 3.8) is 0 Å². The van der Waals surface area contributed by atoms with E-state index in [2.05, 4.69) is 12.2 Å². The minimum Gasteiger partial charge on any atom is -0.344 e. The van der Waals surface area contributed by atoms with Gasteiger partial charge in [-0.1, -0.05) is 39.8 Å². The highest BCUT2D eigenvalue weighted by molar-refractivity contribution is 6.01. The molecule has 1 aromatic carbocycles. The highest BCUT2D eigenvalue weighted by Crippen LogP contribution is 2.26. The van der Waals surface area contributed by atoms with Crippen molar-refractivity contribution < 1.29 is 9.59 Å². The molecule has 0 aliphatic carbocycles. The summed E-state index contributed by atoms with van der Waals surface area (Å²) in [6.07, 6.45) is 1.31. The van der Waals surface area contributed by atoms with Crippen LogP contribution in [-0.2, 0) is 16.0 Å². The molecule has 0 radical (unpaired) electrons. The lowest BCUT2D eigenvalue weighted by molar-refractivity contribution is -0.127. The Morgan fingerprint density at radius 2 is 1.81 bits per heavy atom. The minimum atomic E-state index is -0.488. The molecular formula is C17H24N2O2. The normalized spacial score (nSPS) is 20.2. The van der Waals surface area contributed by atoms with Crippen LogP contribution in [0.3, 0.4) is 0 Å². The lowest BCUT2D eigenvalue weighted by atomic mass is 9.86. The zero-order valence-electron chi connectivity index (χ0n) is 13.3. The molecule has 0 spiro atoms. The Balaban J connectivity index is 2.32. The van der Waals surface area contributed by atoms with Gasteiger partial charge in [0.25, 0.3) is 0 Å². The number of anilines is 1. The fraction of sp³-hybridized carbons (Fsp3) is 0.529. The van der Waals surface area contributed by atoms with E-state index in [1.165, 1.54) is 5.56 Å². The van der Waals surface area contributed by atoms with Crippen LogP contribution in [0.1, 0.15) is 39.7 Å². The largest absolute Gasteiger partial charge is 0.344 e. The maximum atomic E-state index is 12.8. The summed E-state index contributed by atoms with van der Waals surface area (Å²) in [6.45, 7) is 8.45. The Labute approximate surface area is 126 Å². The minimum absolute atomic E-state index is 0.0300. The van der Waals surface area contributed by atoms with Gasteiger partial charge in [0, 0.05) is 18.7 Å². The first-order valence-electron chi connectivity index (χ1n) is 7.52. The van der Waals surface area contributed by atoms with Crippen molar-refractivity contribution in [3.05, 3.63) is 29.8 Å². The van der Waals surface area contributed by atoms with Crippen LogP contribution in [0.4, 0.5) is 5.69 Å². The first-order chi connectivity index (χ1) is 9.82. The zero-order chi connectivity index (χ0) is 15.6. The van der Waals surface area contributed by atoms with Crippen molar-refractivity contribution in [2.45, 2.75) is 46.6 Å². The van der Waals surface area contributed by atoms with E-state index in [9.17, 15) is 9.59 Å². The number of carbonyl (C=O) groups excluding carboxylic acids is 2. The summed E-state index contributed by atoms with van der Waals surface area (Å²) in [5.41, 5.74) is 1.80. The molecule has 2 rings (SSSR count). The molecule has 1 aliphatic rings. The third-order valence-electron chi connectivity index (χ3n) is 3.90. The summed E-state index contributed by atoms with van der Waals surface area (Å²) >= 11 is 0. The van der Waals surface area contributed by atoms with Gasteiger partial charge >= 0.3 is 0 Å². The van der Waals surface area contributed by atoms with E-state index in [1.807, 2.05) is 45.0 Å². The first-order valence-corrected chi connectivity index (χ1v) is 7.52. The molecule has 0 aromatic heterocycles. The molecule has 1 aliphatic heterocycles. The summed E-state index contributed by atoms with van der Waals surface area (Å²) in [6, 6.07) is 7.51. The van der Waals surface area contributed by atoms with Crippen LogP contribution in [-0.4, -0.2) is 24.4 Å². The Bertz CT molecular complexity index is 529. The highest BCUT2D eigenvalue weighted by Gasteiger charge is 2.38. The van der Waals surface area contributed by atoms with E-state index in [0.717, 1.165) is 12.1 Å². The Kier molecular flexibility index (Phi) is 4.35. The van der Waals surface area contributed by atoms with E-state index in [4.69, 9.17) is 0 Å². The zero-order valence-corrected chi connectivity index (χ0v) is 13.3. The number of carbonyl (C=O) groups is 2. The van der Waals surface area contributed by atoms with E-state index in [1.54, 1.807) is 4.90 Å². The lowest BCUT2D eigenvalue weighted by Gasteiger charge is -2.32. The Morgan fingerprint density at radius 1 is 1.19 bits per heavy atom. The van der Waals surface area contributed by atoms with Crippen molar-refractivity contribution >= 4 is 17.5 Å². The Hall–Kier alpha value is -1.84. The number of nitrogens with zero attached hydrogens (tertiary/aromatic N) is 1. The smallest absolute Gasteiger partial charge is 0.250 e. The molecule has 1 heterocycles. The predicted molar refractivity (Wildman–Crippen MR) is 84.2 cm³/mol. The summed E-state index contributed by atoms with van der Waals surface area (Å²) in [5, 5.41) is 2.86. The monoisotopic (exact) mass is 288 g/mol. The van der Waals surface area contributed by atoms with Gasteiger partial charge in [-0.05, 0) is 29.5 Å². The second kappa shape index (κ2) is 5.88. The van der Waals surface area contributed by atoms with E-state index < -0.39 is 6.04 Å². The number of hydrogen-bond donors (Lipinski definition) is 1. The van der Waals surface area contributed by atoms with Crippen LogP contribution >= 0.6 is 0 Å². The molecule has 21 heavy (non-hydrogen) atoms. The summed E-state index contributed by atoms with van der Waals surface area (Å²) in [4.78, 5) is 26.4. The van der Waals surface area contributed by atoms with Crippen LogP contribution in [0.15, 0.2) is 24.3 Å². The SMILES string of the molecule is CCc1ccc(N2CCC(=O)NC(C(C)(C)C)C2=O)cc1. The molecule has 0 bridgehead atoms. The fourth-order valence-electron chi connectivity index (χ4n) is 2.53. The molecule has 0 saturated carbocycles.